The van der Waals surface area contributed by atoms with E-state index in [0.29, 0.717) is 15.0 Å². The summed E-state index contributed by atoms with van der Waals surface area (Å²) < 4.78 is 5.42. The maximum atomic E-state index is 2.59. The predicted octanol–water partition coefficient (Wildman–Crippen LogP) is 7.86. The molecule has 1 aromatic heterocycles. The van der Waals surface area contributed by atoms with Crippen LogP contribution < -0.4 is 13.9 Å². The number of fused-ring (bicyclic) bond motifs is 2. The van der Waals surface area contributed by atoms with Crippen LogP contribution in [0.1, 0.15) is 76.8 Å². The third kappa shape index (κ3) is 7.03. The number of anilines is 1. The average Bonchev–Trinajstić information content (AvgIpc) is 3.26. The molecule has 0 saturated carbocycles. The molecule has 0 radical (unpaired) electrons. The van der Waals surface area contributed by atoms with E-state index >= 15 is 0 Å². The molecule has 2 nitrogen and oxygen atoms in total. The summed E-state index contributed by atoms with van der Waals surface area (Å²) in [5.41, 5.74) is 6.78. The van der Waals surface area contributed by atoms with Gasteiger partial charge in [-0.05, 0) is 6.42 Å². The quantitative estimate of drug-likeness (QED) is 0.0950. The molecule has 3 aromatic rings. The summed E-state index contributed by atoms with van der Waals surface area (Å²) in [4.78, 5) is 2.59. The van der Waals surface area contributed by atoms with Crippen molar-refractivity contribution in [2.24, 2.45) is 0 Å². The number of benzene rings is 2. The van der Waals surface area contributed by atoms with Crippen molar-refractivity contribution in [3.63, 3.8) is 0 Å². The summed E-state index contributed by atoms with van der Waals surface area (Å²) in [5.74, 6) is 0. The van der Waals surface area contributed by atoms with E-state index < -0.39 is 0 Å². The zero-order valence-corrected chi connectivity index (χ0v) is 24.9. The van der Waals surface area contributed by atoms with Gasteiger partial charge in [0.15, 0.2) is 0 Å². The van der Waals surface area contributed by atoms with Gasteiger partial charge in [-0.3, -0.25) is 0 Å². The van der Waals surface area contributed by atoms with Crippen molar-refractivity contribution in [2.75, 3.05) is 11.4 Å². The average molecular weight is 559 g/mol. The van der Waals surface area contributed by atoms with Gasteiger partial charge in [-0.25, -0.2) is 0 Å². The SMILES string of the molecule is CCCCCN1/C(=C/C=C(/C=C/c2cc[n+](CCCCC)c3ccccc23)CC)[Se]c2ccc(C)cc21. The Morgan fingerprint density at radius 3 is 2.57 bits per heavy atom. The number of unbranched alkanes of at least 4 members (excludes halogenated alkanes) is 4. The molecule has 1 aliphatic heterocycles. The molecule has 0 N–H and O–H groups in total. The first-order valence-electron chi connectivity index (χ1n) is 14.2. The monoisotopic (exact) mass is 559 g/mol. The minimum absolute atomic E-state index is 0.370. The van der Waals surface area contributed by atoms with Crippen LogP contribution in [0.3, 0.4) is 0 Å². The van der Waals surface area contributed by atoms with Crippen LogP contribution in [0, 0.1) is 6.92 Å². The van der Waals surface area contributed by atoms with Gasteiger partial charge in [0.05, 0.1) is 0 Å². The molecule has 0 amide bonds. The maximum absolute atomic E-state index is 2.59. The van der Waals surface area contributed by atoms with Crippen LogP contribution >= 0.6 is 0 Å². The van der Waals surface area contributed by atoms with Gasteiger partial charge in [0.1, 0.15) is 0 Å². The molecule has 3 heteroatoms. The number of para-hydroxylation sites is 1. The zero-order chi connectivity index (χ0) is 26.0. The van der Waals surface area contributed by atoms with E-state index in [0.717, 1.165) is 19.5 Å². The second-order valence-electron chi connectivity index (χ2n) is 10.1. The number of nitrogens with zero attached hydrogens (tertiary/aromatic N) is 2. The van der Waals surface area contributed by atoms with E-state index in [4.69, 9.17) is 0 Å². The van der Waals surface area contributed by atoms with Crippen LogP contribution in [0.15, 0.2) is 83.1 Å². The summed E-state index contributed by atoms with van der Waals surface area (Å²) in [7, 11) is 0. The molecule has 0 spiro atoms. The molecule has 0 bridgehead atoms. The van der Waals surface area contributed by atoms with Crippen LogP contribution in [0.5, 0.6) is 0 Å². The van der Waals surface area contributed by atoms with Crippen LogP contribution in [0.25, 0.3) is 17.0 Å². The molecule has 194 valence electrons. The van der Waals surface area contributed by atoms with E-state index in [-0.39, 0.29) is 0 Å². The Hall–Kier alpha value is -2.61. The third-order valence-corrected chi connectivity index (χ3v) is 9.53. The van der Waals surface area contributed by atoms with Gasteiger partial charge in [0.2, 0.25) is 0 Å². The fourth-order valence-electron chi connectivity index (χ4n) is 4.93. The molecular formula is C34H43N2Se+. The molecular weight excluding hydrogens is 515 g/mol. The molecule has 1 aliphatic rings. The summed E-state index contributed by atoms with van der Waals surface area (Å²) >= 11 is 0.370. The predicted molar refractivity (Wildman–Crippen MR) is 163 cm³/mol. The van der Waals surface area contributed by atoms with Gasteiger partial charge in [-0.1, -0.05) is 13.3 Å². The number of pyridine rings is 1. The number of hydrogen-bond donors (Lipinski definition) is 0. The Labute approximate surface area is 230 Å². The number of rotatable bonds is 12. The van der Waals surface area contributed by atoms with Crippen molar-refractivity contribution in [2.45, 2.75) is 79.2 Å². The Kier molecular flexibility index (Phi) is 10.2. The first kappa shape index (κ1) is 27.4. The summed E-state index contributed by atoms with van der Waals surface area (Å²) in [6, 6.07) is 18.1. The van der Waals surface area contributed by atoms with Crippen molar-refractivity contribution in [3.8, 4) is 0 Å². The van der Waals surface area contributed by atoms with Crippen LogP contribution in [-0.4, -0.2) is 21.5 Å². The summed E-state index contributed by atoms with van der Waals surface area (Å²) in [6.45, 7) is 11.2. The molecule has 2 heterocycles. The van der Waals surface area contributed by atoms with E-state index in [2.05, 4.69) is 116 Å². The van der Waals surface area contributed by atoms with E-state index in [9.17, 15) is 0 Å². The van der Waals surface area contributed by atoms with Gasteiger partial charge >= 0.3 is 212 Å². The molecule has 0 fully saturated rings. The zero-order valence-electron chi connectivity index (χ0n) is 23.2. The van der Waals surface area contributed by atoms with Crippen molar-refractivity contribution in [3.05, 3.63) is 94.3 Å². The Bertz CT molecular complexity index is 1280. The standard InChI is InChI=1S/C34H43N2Se/c1-5-8-12-23-35-25-22-29(30-14-10-11-15-31(30)35)19-17-28(7-3)18-21-34-36(24-13-9-6-2)32-26-27(4)16-20-33(32)37-34/h10-11,14-22,25-26H,5-9,12-13,23-24H2,1-4H3/q+1. The van der Waals surface area contributed by atoms with Gasteiger partial charge < -0.3 is 0 Å². The topological polar surface area (TPSA) is 7.12 Å². The van der Waals surface area contributed by atoms with Crippen molar-refractivity contribution in [1.82, 2.24) is 0 Å². The first-order valence-corrected chi connectivity index (χ1v) is 15.9. The van der Waals surface area contributed by atoms with Gasteiger partial charge in [-0.2, -0.15) is 0 Å². The van der Waals surface area contributed by atoms with E-state index in [1.54, 1.807) is 0 Å². The second kappa shape index (κ2) is 13.8. The third-order valence-electron chi connectivity index (χ3n) is 7.16. The summed E-state index contributed by atoms with van der Waals surface area (Å²) in [6.07, 6.45) is 20.3. The van der Waals surface area contributed by atoms with Crippen molar-refractivity contribution in [1.29, 1.82) is 0 Å². The number of hydrogen-bond acceptors (Lipinski definition) is 1. The molecule has 0 saturated heterocycles. The van der Waals surface area contributed by atoms with Gasteiger partial charge in [0.25, 0.3) is 0 Å². The van der Waals surface area contributed by atoms with E-state index in [1.165, 1.54) is 80.9 Å². The fourth-order valence-corrected chi connectivity index (χ4v) is 7.18. The minimum atomic E-state index is 0.370. The second-order valence-corrected chi connectivity index (χ2v) is 12.3. The fraction of sp³-hybridized carbons (Fsp3) is 0.382. The van der Waals surface area contributed by atoms with Crippen molar-refractivity contribution < 1.29 is 4.57 Å². The van der Waals surface area contributed by atoms with Crippen molar-refractivity contribution >= 4 is 42.1 Å². The normalized spacial score (nSPS) is 14.9. The molecule has 4 rings (SSSR count). The molecule has 2 aromatic carbocycles. The number of aromatic nitrogens is 1. The molecule has 0 atom stereocenters. The molecule has 0 unspecified atom stereocenters. The van der Waals surface area contributed by atoms with Crippen LogP contribution in [0.4, 0.5) is 5.69 Å². The Morgan fingerprint density at radius 2 is 1.76 bits per heavy atom. The number of aryl methyl sites for hydroxylation is 2. The first-order chi connectivity index (χ1) is 18.1. The van der Waals surface area contributed by atoms with Crippen LogP contribution in [-0.2, 0) is 6.54 Å². The van der Waals surface area contributed by atoms with E-state index in [1.807, 2.05) is 0 Å². The number of allylic oxidation sites excluding steroid dienone is 4. The Balaban J connectivity index is 1.57. The molecule has 0 aliphatic carbocycles. The van der Waals surface area contributed by atoms with Gasteiger partial charge in [-0.15, -0.1) is 0 Å². The summed E-state index contributed by atoms with van der Waals surface area (Å²) in [5, 5.41) is 1.33. The van der Waals surface area contributed by atoms with Gasteiger partial charge in [0, 0.05) is 0 Å². The molecule has 37 heavy (non-hydrogen) atoms. The van der Waals surface area contributed by atoms with Crippen LogP contribution in [0.2, 0.25) is 0 Å². The Morgan fingerprint density at radius 1 is 0.946 bits per heavy atom.